The van der Waals surface area contributed by atoms with Crippen LogP contribution in [-0.2, 0) is 23.9 Å². The van der Waals surface area contributed by atoms with Gasteiger partial charge in [0.1, 0.15) is 19.0 Å². The molecule has 3 rings (SSSR count). The molecule has 6 nitrogen and oxygen atoms in total. The van der Waals surface area contributed by atoms with Crippen LogP contribution >= 0.6 is 0 Å². The molecule has 1 aromatic carbocycles. The summed E-state index contributed by atoms with van der Waals surface area (Å²) in [5, 5.41) is 0. The molecule has 0 bridgehead atoms. The molecule has 0 aromatic heterocycles. The summed E-state index contributed by atoms with van der Waals surface area (Å²) < 4.78 is 15.6. The normalized spacial score (nSPS) is 25.8. The smallest absolute Gasteiger partial charge is 0.330 e. The summed E-state index contributed by atoms with van der Waals surface area (Å²) in [6.07, 6.45) is 8.65. The largest absolute Gasteiger partial charge is 0.462 e. The zero-order chi connectivity index (χ0) is 22.1. The fourth-order valence-electron chi connectivity index (χ4n) is 4.80. The molecule has 0 amide bonds. The van der Waals surface area contributed by atoms with Crippen LogP contribution in [0.5, 0.6) is 5.75 Å². The average Bonchev–Trinajstić information content (AvgIpc) is 2.82. The molecule has 0 radical (unpaired) electrons. The molecule has 0 aliphatic heterocycles. The molecule has 168 valence electrons. The maximum Gasteiger partial charge on any atom is 0.330 e. The molecular formula is C25H32O6. The topological polar surface area (TPSA) is 78.9 Å². The van der Waals surface area contributed by atoms with E-state index < -0.39 is 5.97 Å². The van der Waals surface area contributed by atoms with Crippen LogP contribution in [0.4, 0.5) is 0 Å². The Bertz CT molecular complexity index is 743. The lowest BCUT2D eigenvalue weighted by Crippen LogP contribution is -2.31. The Labute approximate surface area is 183 Å². The molecule has 0 saturated heterocycles. The second-order valence-electron chi connectivity index (χ2n) is 8.50. The zero-order valence-electron chi connectivity index (χ0n) is 18.0. The van der Waals surface area contributed by atoms with E-state index in [1.54, 1.807) is 12.1 Å². The Hall–Kier alpha value is -2.63. The van der Waals surface area contributed by atoms with Gasteiger partial charge in [-0.25, -0.2) is 4.79 Å². The Morgan fingerprint density at radius 1 is 0.774 bits per heavy atom. The van der Waals surface area contributed by atoms with Crippen molar-refractivity contribution in [3.63, 3.8) is 0 Å². The average molecular weight is 429 g/mol. The van der Waals surface area contributed by atoms with Crippen molar-refractivity contribution >= 4 is 17.9 Å². The number of hydrogen-bond donors (Lipinski definition) is 0. The predicted octanol–water partition coefficient (Wildman–Crippen LogP) is 4.48. The summed E-state index contributed by atoms with van der Waals surface area (Å²) >= 11 is 0. The number of carbonyl (C=O) groups is 3. The molecule has 0 atom stereocenters. The van der Waals surface area contributed by atoms with Gasteiger partial charge in [-0.2, -0.15) is 0 Å². The Morgan fingerprint density at radius 2 is 1.29 bits per heavy atom. The van der Waals surface area contributed by atoms with Crippen LogP contribution in [0.25, 0.3) is 0 Å². The van der Waals surface area contributed by atoms with Gasteiger partial charge in [0, 0.05) is 6.08 Å². The Kier molecular flexibility index (Phi) is 8.68. The maximum atomic E-state index is 12.4. The molecule has 6 heteroatoms. The van der Waals surface area contributed by atoms with Gasteiger partial charge in [0.05, 0.1) is 11.8 Å². The zero-order valence-corrected chi connectivity index (χ0v) is 18.0. The molecule has 0 N–H and O–H groups in total. The Balaban J connectivity index is 1.33. The number of esters is 3. The van der Waals surface area contributed by atoms with Gasteiger partial charge in [-0.05, 0) is 75.3 Å². The SMILES string of the molecule is C=CC(=O)OCCOC(=O)C1CCC(C2CCC(C(=O)Oc3ccccc3)CC2)CC1. The standard InChI is InChI=1S/C25H32O6/c1-2-23(26)29-16-17-30-24(27)20-12-8-18(9-13-20)19-10-14-21(15-11-19)25(28)31-22-6-4-3-5-7-22/h2-7,18-21H,1,8-17H2. The van der Waals surface area contributed by atoms with Crippen molar-refractivity contribution < 1.29 is 28.6 Å². The van der Waals surface area contributed by atoms with Crippen molar-refractivity contribution in [2.24, 2.45) is 23.7 Å². The lowest BCUT2D eigenvalue weighted by Gasteiger charge is -2.36. The molecule has 0 heterocycles. The number of carbonyl (C=O) groups excluding carboxylic acids is 3. The molecule has 2 fully saturated rings. The van der Waals surface area contributed by atoms with Gasteiger partial charge >= 0.3 is 17.9 Å². The van der Waals surface area contributed by atoms with Crippen LogP contribution in [0.15, 0.2) is 43.0 Å². The first kappa shape index (κ1) is 23.0. The van der Waals surface area contributed by atoms with Crippen molar-refractivity contribution in [1.29, 1.82) is 0 Å². The minimum absolute atomic E-state index is 0.0158. The molecule has 2 saturated carbocycles. The summed E-state index contributed by atoms with van der Waals surface area (Å²) in [6.45, 7) is 3.46. The highest BCUT2D eigenvalue weighted by Crippen LogP contribution is 2.41. The van der Waals surface area contributed by atoms with Gasteiger partial charge in [0.15, 0.2) is 0 Å². The quantitative estimate of drug-likeness (QED) is 0.263. The van der Waals surface area contributed by atoms with Crippen molar-refractivity contribution in [1.82, 2.24) is 0 Å². The molecular weight excluding hydrogens is 396 g/mol. The highest BCUT2D eigenvalue weighted by Gasteiger charge is 2.35. The van der Waals surface area contributed by atoms with E-state index in [1.807, 2.05) is 18.2 Å². The number of benzene rings is 1. The second kappa shape index (κ2) is 11.7. The highest BCUT2D eigenvalue weighted by atomic mass is 16.6. The van der Waals surface area contributed by atoms with Gasteiger partial charge < -0.3 is 14.2 Å². The minimum atomic E-state index is -0.514. The van der Waals surface area contributed by atoms with E-state index in [0.29, 0.717) is 17.6 Å². The summed E-state index contributed by atoms with van der Waals surface area (Å²) in [5.41, 5.74) is 0. The molecule has 1 aromatic rings. The maximum absolute atomic E-state index is 12.4. The molecule has 2 aliphatic rings. The van der Waals surface area contributed by atoms with E-state index in [0.717, 1.165) is 57.4 Å². The van der Waals surface area contributed by atoms with E-state index in [2.05, 4.69) is 6.58 Å². The fourth-order valence-corrected chi connectivity index (χ4v) is 4.80. The molecule has 2 aliphatic carbocycles. The van der Waals surface area contributed by atoms with E-state index in [9.17, 15) is 14.4 Å². The van der Waals surface area contributed by atoms with E-state index in [4.69, 9.17) is 14.2 Å². The van der Waals surface area contributed by atoms with Crippen LogP contribution in [0, 0.1) is 23.7 Å². The van der Waals surface area contributed by atoms with Crippen LogP contribution in [0.2, 0.25) is 0 Å². The van der Waals surface area contributed by atoms with Crippen molar-refractivity contribution in [3.8, 4) is 5.75 Å². The van der Waals surface area contributed by atoms with Crippen LogP contribution in [0.1, 0.15) is 51.4 Å². The number of ether oxygens (including phenoxy) is 3. The fraction of sp³-hybridized carbons (Fsp3) is 0.560. The molecule has 0 spiro atoms. The third-order valence-corrected chi connectivity index (χ3v) is 6.58. The lowest BCUT2D eigenvalue weighted by molar-refractivity contribution is -0.154. The first-order valence-corrected chi connectivity index (χ1v) is 11.3. The monoisotopic (exact) mass is 428 g/mol. The third-order valence-electron chi connectivity index (χ3n) is 6.58. The predicted molar refractivity (Wildman–Crippen MR) is 115 cm³/mol. The first-order chi connectivity index (χ1) is 15.1. The summed E-state index contributed by atoms with van der Waals surface area (Å²) in [7, 11) is 0. The van der Waals surface area contributed by atoms with Gasteiger partial charge in [0.2, 0.25) is 0 Å². The van der Waals surface area contributed by atoms with Gasteiger partial charge in [0.25, 0.3) is 0 Å². The van der Waals surface area contributed by atoms with Gasteiger partial charge in [-0.3, -0.25) is 9.59 Å². The van der Waals surface area contributed by atoms with Crippen molar-refractivity contribution in [2.75, 3.05) is 13.2 Å². The third kappa shape index (κ3) is 6.94. The number of para-hydroxylation sites is 1. The van der Waals surface area contributed by atoms with Crippen LogP contribution < -0.4 is 4.74 Å². The summed E-state index contributed by atoms with van der Waals surface area (Å²) in [6, 6.07) is 9.24. The first-order valence-electron chi connectivity index (χ1n) is 11.3. The van der Waals surface area contributed by atoms with E-state index >= 15 is 0 Å². The summed E-state index contributed by atoms with van der Waals surface area (Å²) in [4.78, 5) is 35.6. The van der Waals surface area contributed by atoms with E-state index in [-0.39, 0.29) is 37.0 Å². The molecule has 31 heavy (non-hydrogen) atoms. The Morgan fingerprint density at radius 3 is 1.84 bits per heavy atom. The highest BCUT2D eigenvalue weighted by molar-refractivity contribution is 5.81. The second-order valence-corrected chi connectivity index (χ2v) is 8.50. The lowest BCUT2D eigenvalue weighted by atomic mass is 9.69. The van der Waals surface area contributed by atoms with Gasteiger partial charge in [-0.1, -0.05) is 24.8 Å². The molecule has 0 unspecified atom stereocenters. The minimum Gasteiger partial charge on any atom is -0.462 e. The number of hydrogen-bond acceptors (Lipinski definition) is 6. The van der Waals surface area contributed by atoms with Crippen LogP contribution in [0.3, 0.4) is 0 Å². The van der Waals surface area contributed by atoms with E-state index in [1.165, 1.54) is 0 Å². The van der Waals surface area contributed by atoms with Crippen molar-refractivity contribution in [2.45, 2.75) is 51.4 Å². The number of rotatable bonds is 8. The van der Waals surface area contributed by atoms with Crippen LogP contribution in [-0.4, -0.2) is 31.1 Å². The van der Waals surface area contributed by atoms with Crippen molar-refractivity contribution in [3.05, 3.63) is 43.0 Å². The summed E-state index contributed by atoms with van der Waals surface area (Å²) in [5.74, 6) is 0.940. The van der Waals surface area contributed by atoms with Gasteiger partial charge in [-0.15, -0.1) is 0 Å².